The van der Waals surface area contributed by atoms with E-state index >= 15 is 0 Å². The molecule has 3 heteroatoms. The average molecular weight is 348 g/mol. The van der Waals surface area contributed by atoms with Crippen LogP contribution in [0.4, 0.5) is 0 Å². The van der Waals surface area contributed by atoms with Crippen molar-refractivity contribution >= 4 is 15.9 Å². The molecule has 0 aliphatic heterocycles. The van der Waals surface area contributed by atoms with Gasteiger partial charge in [0.05, 0.1) is 0 Å². The van der Waals surface area contributed by atoms with Crippen LogP contribution in [-0.2, 0) is 13.2 Å². The Labute approximate surface area is 135 Å². The fourth-order valence-corrected chi connectivity index (χ4v) is 2.94. The van der Waals surface area contributed by atoms with Gasteiger partial charge in [-0.3, -0.25) is 0 Å². The molecule has 1 N–H and O–H groups in total. The van der Waals surface area contributed by atoms with Crippen LogP contribution in [0.25, 0.3) is 0 Å². The minimum absolute atomic E-state index is 0.605. The number of halogens is 1. The van der Waals surface area contributed by atoms with E-state index in [1.807, 2.05) is 0 Å². The van der Waals surface area contributed by atoms with Crippen molar-refractivity contribution in [2.24, 2.45) is 0 Å². The summed E-state index contributed by atoms with van der Waals surface area (Å²) in [5.74, 6) is 0.988. The summed E-state index contributed by atoms with van der Waals surface area (Å²) in [5, 5.41) is 3.37. The number of hydrogen-bond donors (Lipinski definition) is 1. The Morgan fingerprint density at radius 1 is 1.05 bits per heavy atom. The zero-order chi connectivity index (χ0) is 15.2. The van der Waals surface area contributed by atoms with Crippen molar-refractivity contribution in [3.05, 3.63) is 63.1 Å². The summed E-state index contributed by atoms with van der Waals surface area (Å²) < 4.78 is 7.22. The topological polar surface area (TPSA) is 21.3 Å². The van der Waals surface area contributed by atoms with E-state index in [1.165, 1.54) is 16.7 Å². The molecule has 0 aliphatic rings. The normalized spacial score (nSPS) is 10.7. The number of ether oxygens (including phenoxy) is 1. The molecule has 0 heterocycles. The van der Waals surface area contributed by atoms with Gasteiger partial charge >= 0.3 is 0 Å². The predicted molar refractivity (Wildman–Crippen MR) is 91.8 cm³/mol. The molecule has 0 saturated heterocycles. The molecule has 0 aromatic heterocycles. The maximum atomic E-state index is 6.13. The lowest BCUT2D eigenvalue weighted by Gasteiger charge is -2.16. The molecule has 0 bridgehead atoms. The van der Waals surface area contributed by atoms with Gasteiger partial charge in [0.25, 0.3) is 0 Å². The standard InChI is InChI=1S/C18H22BrNO/c1-4-20-11-16-10-17(19)9-14(3)18(16)21-12-15-8-6-5-7-13(15)2/h5-10,20H,4,11-12H2,1-3H3. The summed E-state index contributed by atoms with van der Waals surface area (Å²) in [4.78, 5) is 0. The first kappa shape index (κ1) is 16.1. The summed E-state index contributed by atoms with van der Waals surface area (Å²) >= 11 is 3.56. The highest BCUT2D eigenvalue weighted by atomic mass is 79.9. The largest absolute Gasteiger partial charge is 0.488 e. The van der Waals surface area contributed by atoms with Crippen LogP contribution < -0.4 is 10.1 Å². The van der Waals surface area contributed by atoms with Gasteiger partial charge in [-0.15, -0.1) is 0 Å². The molecular formula is C18H22BrNO. The monoisotopic (exact) mass is 347 g/mol. The first-order valence-electron chi connectivity index (χ1n) is 7.29. The van der Waals surface area contributed by atoms with Crippen molar-refractivity contribution in [2.75, 3.05) is 6.54 Å². The van der Waals surface area contributed by atoms with Crippen molar-refractivity contribution in [1.29, 1.82) is 0 Å². The maximum Gasteiger partial charge on any atom is 0.127 e. The highest BCUT2D eigenvalue weighted by Crippen LogP contribution is 2.29. The zero-order valence-electron chi connectivity index (χ0n) is 12.9. The van der Waals surface area contributed by atoms with E-state index < -0.39 is 0 Å². The summed E-state index contributed by atoms with van der Waals surface area (Å²) in [6.07, 6.45) is 0. The van der Waals surface area contributed by atoms with E-state index in [-0.39, 0.29) is 0 Å². The Bertz CT molecular complexity index is 610. The highest BCUT2D eigenvalue weighted by Gasteiger charge is 2.09. The molecule has 2 aromatic carbocycles. The number of nitrogens with one attached hydrogen (secondary N) is 1. The van der Waals surface area contributed by atoms with Crippen LogP contribution >= 0.6 is 15.9 Å². The molecule has 0 unspecified atom stereocenters. The Hall–Kier alpha value is -1.32. The third-order valence-corrected chi connectivity index (χ3v) is 3.97. The third-order valence-electron chi connectivity index (χ3n) is 3.52. The highest BCUT2D eigenvalue weighted by molar-refractivity contribution is 9.10. The van der Waals surface area contributed by atoms with Gasteiger partial charge in [-0.05, 0) is 49.2 Å². The Morgan fingerprint density at radius 2 is 1.81 bits per heavy atom. The fraction of sp³-hybridized carbons (Fsp3) is 0.333. The first-order valence-corrected chi connectivity index (χ1v) is 8.08. The van der Waals surface area contributed by atoms with Gasteiger partial charge in [-0.25, -0.2) is 0 Å². The van der Waals surface area contributed by atoms with Crippen molar-refractivity contribution in [2.45, 2.75) is 33.9 Å². The second-order valence-electron chi connectivity index (χ2n) is 5.21. The summed E-state index contributed by atoms with van der Waals surface area (Å²) in [6, 6.07) is 12.6. The molecule has 0 fully saturated rings. The second-order valence-corrected chi connectivity index (χ2v) is 6.12. The lowest BCUT2D eigenvalue weighted by molar-refractivity contribution is 0.299. The Balaban J connectivity index is 2.20. The van der Waals surface area contributed by atoms with Crippen LogP contribution in [-0.4, -0.2) is 6.54 Å². The quantitative estimate of drug-likeness (QED) is 0.813. The molecule has 0 aliphatic carbocycles. The fourth-order valence-electron chi connectivity index (χ4n) is 2.32. The van der Waals surface area contributed by atoms with Crippen LogP contribution in [0.3, 0.4) is 0 Å². The summed E-state index contributed by atoms with van der Waals surface area (Å²) in [5.41, 5.74) is 4.85. The lowest BCUT2D eigenvalue weighted by Crippen LogP contribution is -2.13. The number of aryl methyl sites for hydroxylation is 2. The summed E-state index contributed by atoms with van der Waals surface area (Å²) in [6.45, 7) is 8.69. The van der Waals surface area contributed by atoms with Crippen molar-refractivity contribution in [1.82, 2.24) is 5.32 Å². The lowest BCUT2D eigenvalue weighted by atomic mass is 10.1. The van der Waals surface area contributed by atoms with Gasteiger partial charge in [-0.1, -0.05) is 47.1 Å². The summed E-state index contributed by atoms with van der Waals surface area (Å²) in [7, 11) is 0. The van der Waals surface area contributed by atoms with Crippen LogP contribution in [0.1, 0.15) is 29.2 Å². The Morgan fingerprint density at radius 3 is 2.52 bits per heavy atom. The molecular weight excluding hydrogens is 326 g/mol. The molecule has 2 nitrogen and oxygen atoms in total. The molecule has 0 saturated carbocycles. The van der Waals surface area contributed by atoms with Crippen molar-refractivity contribution in [3.8, 4) is 5.75 Å². The number of benzene rings is 2. The third kappa shape index (κ3) is 4.32. The second kappa shape index (κ2) is 7.62. The van der Waals surface area contributed by atoms with Crippen LogP contribution in [0.5, 0.6) is 5.75 Å². The van der Waals surface area contributed by atoms with Crippen LogP contribution in [0.2, 0.25) is 0 Å². The van der Waals surface area contributed by atoms with Crippen LogP contribution in [0.15, 0.2) is 40.9 Å². The van der Waals surface area contributed by atoms with E-state index in [0.717, 1.165) is 28.9 Å². The smallest absolute Gasteiger partial charge is 0.127 e. The van der Waals surface area contributed by atoms with Crippen LogP contribution in [0, 0.1) is 13.8 Å². The van der Waals surface area contributed by atoms with Gasteiger partial charge in [0.2, 0.25) is 0 Å². The van der Waals surface area contributed by atoms with E-state index in [4.69, 9.17) is 4.74 Å². The minimum atomic E-state index is 0.605. The molecule has 0 spiro atoms. The maximum absolute atomic E-state index is 6.13. The van der Waals surface area contributed by atoms with Crippen molar-refractivity contribution in [3.63, 3.8) is 0 Å². The number of hydrogen-bond acceptors (Lipinski definition) is 2. The van der Waals surface area contributed by atoms with E-state index in [1.54, 1.807) is 0 Å². The predicted octanol–water partition coefficient (Wildman–Crippen LogP) is 4.75. The minimum Gasteiger partial charge on any atom is -0.488 e. The molecule has 0 radical (unpaired) electrons. The van der Waals surface area contributed by atoms with Gasteiger partial charge in [0.15, 0.2) is 0 Å². The van der Waals surface area contributed by atoms with Gasteiger partial charge in [0.1, 0.15) is 12.4 Å². The Kier molecular flexibility index (Phi) is 5.83. The average Bonchev–Trinajstić information content (AvgIpc) is 2.45. The molecule has 0 atom stereocenters. The van der Waals surface area contributed by atoms with Gasteiger partial charge in [0, 0.05) is 16.6 Å². The number of rotatable bonds is 6. The van der Waals surface area contributed by atoms with E-state index in [2.05, 4.69) is 78.4 Å². The van der Waals surface area contributed by atoms with E-state index in [0.29, 0.717) is 6.61 Å². The molecule has 2 rings (SSSR count). The zero-order valence-corrected chi connectivity index (χ0v) is 14.5. The molecule has 0 amide bonds. The first-order chi connectivity index (χ1) is 10.1. The van der Waals surface area contributed by atoms with Crippen molar-refractivity contribution < 1.29 is 4.74 Å². The molecule has 112 valence electrons. The van der Waals surface area contributed by atoms with E-state index in [9.17, 15) is 0 Å². The van der Waals surface area contributed by atoms with Gasteiger partial charge in [-0.2, -0.15) is 0 Å². The molecule has 2 aromatic rings. The SMILES string of the molecule is CCNCc1cc(Br)cc(C)c1OCc1ccccc1C. The molecule has 21 heavy (non-hydrogen) atoms. The van der Waals surface area contributed by atoms with Gasteiger partial charge < -0.3 is 10.1 Å².